The number of benzene rings is 1. The van der Waals surface area contributed by atoms with Crippen LogP contribution in [0, 0.1) is 0 Å². The number of rotatable bonds is 7. The number of hydrogen-bond acceptors (Lipinski definition) is 4. The van der Waals surface area contributed by atoms with Gasteiger partial charge in [0.1, 0.15) is 0 Å². The number of carboxylic acid groups (broad SMARTS) is 1. The van der Waals surface area contributed by atoms with Gasteiger partial charge in [-0.25, -0.2) is 13.2 Å². The molecular weight excluding hydrogens is 270 g/mol. The predicted octanol–water partition coefficient (Wildman–Crippen LogP) is 0.778. The molecule has 0 saturated heterocycles. The number of aliphatic hydroxyl groups is 1. The second kappa shape index (κ2) is 6.65. The number of aliphatic hydroxyl groups excluding tert-OH is 1. The third kappa shape index (κ3) is 3.76. The van der Waals surface area contributed by atoms with Gasteiger partial charge in [0.2, 0.25) is 10.0 Å². The van der Waals surface area contributed by atoms with Crippen molar-refractivity contribution in [3.8, 4) is 0 Å². The van der Waals surface area contributed by atoms with Crippen LogP contribution in [0.1, 0.15) is 23.7 Å². The number of carboxylic acids is 1. The maximum Gasteiger partial charge on any atom is 0.335 e. The SMILES string of the molecule is CCN(CCCO)S(=O)(=O)c1cccc(C(=O)O)c1. The van der Waals surface area contributed by atoms with Crippen LogP contribution >= 0.6 is 0 Å². The van der Waals surface area contributed by atoms with Gasteiger partial charge in [-0.15, -0.1) is 0 Å². The molecule has 6 nitrogen and oxygen atoms in total. The van der Waals surface area contributed by atoms with E-state index in [4.69, 9.17) is 10.2 Å². The topological polar surface area (TPSA) is 94.9 Å². The smallest absolute Gasteiger partial charge is 0.335 e. The van der Waals surface area contributed by atoms with Gasteiger partial charge >= 0.3 is 5.97 Å². The Morgan fingerprint density at radius 3 is 2.58 bits per heavy atom. The number of sulfonamides is 1. The molecule has 0 spiro atoms. The fraction of sp³-hybridized carbons (Fsp3) is 0.417. The first-order valence-electron chi connectivity index (χ1n) is 5.87. The van der Waals surface area contributed by atoms with E-state index in [1.807, 2.05) is 0 Å². The Hall–Kier alpha value is -1.44. The Morgan fingerprint density at radius 1 is 1.37 bits per heavy atom. The van der Waals surface area contributed by atoms with Crippen LogP contribution in [-0.2, 0) is 10.0 Å². The van der Waals surface area contributed by atoms with Gasteiger partial charge in [-0.1, -0.05) is 13.0 Å². The standard InChI is InChI=1S/C12H17NO5S/c1-2-13(7-4-8-14)19(17,18)11-6-3-5-10(9-11)12(15)16/h3,5-6,9,14H,2,4,7-8H2,1H3,(H,15,16). The van der Waals surface area contributed by atoms with Gasteiger partial charge in [-0.2, -0.15) is 4.31 Å². The molecule has 1 rings (SSSR count). The van der Waals surface area contributed by atoms with Gasteiger partial charge in [-0.3, -0.25) is 0 Å². The maximum atomic E-state index is 12.3. The molecule has 0 unspecified atom stereocenters. The van der Waals surface area contributed by atoms with Crippen LogP contribution in [0.15, 0.2) is 29.2 Å². The molecule has 0 aliphatic heterocycles. The fourth-order valence-electron chi connectivity index (χ4n) is 1.63. The molecule has 0 saturated carbocycles. The van der Waals surface area contributed by atoms with Crippen LogP contribution in [0.4, 0.5) is 0 Å². The van der Waals surface area contributed by atoms with Gasteiger partial charge in [-0.05, 0) is 24.6 Å². The Labute approximate surface area is 112 Å². The number of nitrogens with zero attached hydrogens (tertiary/aromatic N) is 1. The average Bonchev–Trinajstić information content (AvgIpc) is 2.39. The van der Waals surface area contributed by atoms with Crippen molar-refractivity contribution in [2.45, 2.75) is 18.2 Å². The lowest BCUT2D eigenvalue weighted by atomic mass is 10.2. The van der Waals surface area contributed by atoms with E-state index in [1.165, 1.54) is 22.5 Å². The molecule has 0 aromatic heterocycles. The summed E-state index contributed by atoms with van der Waals surface area (Å²) in [4.78, 5) is 10.8. The predicted molar refractivity (Wildman–Crippen MR) is 69.5 cm³/mol. The zero-order chi connectivity index (χ0) is 14.5. The first kappa shape index (κ1) is 15.6. The normalized spacial score (nSPS) is 11.7. The molecule has 0 heterocycles. The quantitative estimate of drug-likeness (QED) is 0.772. The minimum absolute atomic E-state index is 0.0489. The van der Waals surface area contributed by atoms with E-state index in [1.54, 1.807) is 6.92 Å². The van der Waals surface area contributed by atoms with Crippen molar-refractivity contribution >= 4 is 16.0 Å². The lowest BCUT2D eigenvalue weighted by molar-refractivity contribution is 0.0696. The lowest BCUT2D eigenvalue weighted by Crippen LogP contribution is -2.32. The van der Waals surface area contributed by atoms with Crippen LogP contribution < -0.4 is 0 Å². The highest BCUT2D eigenvalue weighted by molar-refractivity contribution is 7.89. The van der Waals surface area contributed by atoms with Crippen LogP contribution in [0.25, 0.3) is 0 Å². The summed E-state index contributed by atoms with van der Waals surface area (Å²) in [6.45, 7) is 2.06. The second-order valence-electron chi connectivity index (χ2n) is 3.91. The summed E-state index contributed by atoms with van der Waals surface area (Å²) < 4.78 is 25.8. The molecular formula is C12H17NO5S. The molecule has 0 aliphatic carbocycles. The Morgan fingerprint density at radius 2 is 2.05 bits per heavy atom. The van der Waals surface area contributed by atoms with Crippen molar-refractivity contribution in [3.63, 3.8) is 0 Å². The molecule has 0 radical (unpaired) electrons. The molecule has 19 heavy (non-hydrogen) atoms. The number of hydrogen-bond donors (Lipinski definition) is 2. The fourth-order valence-corrected chi connectivity index (χ4v) is 3.17. The van der Waals surface area contributed by atoms with Crippen LogP contribution in [0.2, 0.25) is 0 Å². The summed E-state index contributed by atoms with van der Waals surface area (Å²) in [7, 11) is -3.72. The highest BCUT2D eigenvalue weighted by atomic mass is 32.2. The molecule has 0 fully saturated rings. The molecule has 0 bridgehead atoms. The largest absolute Gasteiger partial charge is 0.478 e. The van der Waals surface area contributed by atoms with Crippen molar-refractivity contribution in [2.75, 3.05) is 19.7 Å². The Bertz CT molecular complexity index is 541. The third-order valence-electron chi connectivity index (χ3n) is 2.64. The van der Waals surface area contributed by atoms with Crippen LogP contribution in [-0.4, -0.2) is 48.6 Å². The molecule has 106 valence electrons. The molecule has 0 atom stereocenters. The van der Waals surface area contributed by atoms with E-state index in [0.717, 1.165) is 6.07 Å². The summed E-state index contributed by atoms with van der Waals surface area (Å²) in [6.07, 6.45) is 0.339. The Balaban J connectivity index is 3.11. The molecule has 0 amide bonds. The second-order valence-corrected chi connectivity index (χ2v) is 5.84. The van der Waals surface area contributed by atoms with E-state index >= 15 is 0 Å². The number of aromatic carboxylic acids is 1. The van der Waals surface area contributed by atoms with Gasteiger partial charge in [0.05, 0.1) is 10.5 Å². The van der Waals surface area contributed by atoms with E-state index in [2.05, 4.69) is 0 Å². The lowest BCUT2D eigenvalue weighted by Gasteiger charge is -2.20. The van der Waals surface area contributed by atoms with Gasteiger partial charge in [0.25, 0.3) is 0 Å². The highest BCUT2D eigenvalue weighted by Crippen LogP contribution is 2.17. The third-order valence-corrected chi connectivity index (χ3v) is 4.61. The van der Waals surface area contributed by atoms with Gasteiger partial charge < -0.3 is 10.2 Å². The van der Waals surface area contributed by atoms with Crippen molar-refractivity contribution in [2.24, 2.45) is 0 Å². The molecule has 0 aliphatic rings. The van der Waals surface area contributed by atoms with Crippen molar-refractivity contribution in [3.05, 3.63) is 29.8 Å². The highest BCUT2D eigenvalue weighted by Gasteiger charge is 2.23. The van der Waals surface area contributed by atoms with E-state index in [0.29, 0.717) is 6.42 Å². The number of carbonyl (C=O) groups is 1. The monoisotopic (exact) mass is 287 g/mol. The van der Waals surface area contributed by atoms with Gasteiger partial charge in [0, 0.05) is 19.7 Å². The van der Waals surface area contributed by atoms with E-state index < -0.39 is 16.0 Å². The van der Waals surface area contributed by atoms with Crippen LogP contribution in [0.5, 0.6) is 0 Å². The molecule has 7 heteroatoms. The van der Waals surface area contributed by atoms with Crippen molar-refractivity contribution in [1.82, 2.24) is 4.31 Å². The van der Waals surface area contributed by atoms with Crippen molar-refractivity contribution in [1.29, 1.82) is 0 Å². The van der Waals surface area contributed by atoms with Crippen molar-refractivity contribution < 1.29 is 23.4 Å². The molecule has 1 aromatic carbocycles. The zero-order valence-electron chi connectivity index (χ0n) is 10.6. The maximum absolute atomic E-state index is 12.3. The Kier molecular flexibility index (Phi) is 5.46. The summed E-state index contributed by atoms with van der Waals surface area (Å²) in [6, 6.07) is 5.24. The summed E-state index contributed by atoms with van der Waals surface area (Å²) >= 11 is 0. The molecule has 2 N–H and O–H groups in total. The average molecular weight is 287 g/mol. The zero-order valence-corrected chi connectivity index (χ0v) is 11.4. The van der Waals surface area contributed by atoms with E-state index in [9.17, 15) is 13.2 Å². The summed E-state index contributed by atoms with van der Waals surface area (Å²) in [5, 5.41) is 17.6. The molecule has 1 aromatic rings. The summed E-state index contributed by atoms with van der Waals surface area (Å²) in [5.41, 5.74) is -0.0701. The van der Waals surface area contributed by atoms with E-state index in [-0.39, 0.29) is 30.2 Å². The first-order valence-corrected chi connectivity index (χ1v) is 7.31. The summed E-state index contributed by atoms with van der Waals surface area (Å²) in [5.74, 6) is -1.17. The minimum Gasteiger partial charge on any atom is -0.478 e. The van der Waals surface area contributed by atoms with Crippen LogP contribution in [0.3, 0.4) is 0 Å². The minimum atomic E-state index is -3.72. The van der Waals surface area contributed by atoms with Gasteiger partial charge in [0.15, 0.2) is 0 Å². The first-order chi connectivity index (χ1) is 8.93.